The minimum atomic E-state index is -0.297. The minimum absolute atomic E-state index is 0.297. The fourth-order valence-electron chi connectivity index (χ4n) is 2.42. The average molecular weight is 362 g/mol. The Labute approximate surface area is 158 Å². The zero-order chi connectivity index (χ0) is 18.9. The number of rotatable bonds is 8. The Bertz CT molecular complexity index is 883. The Morgan fingerprint density at radius 1 is 1.07 bits per heavy atom. The van der Waals surface area contributed by atoms with Gasteiger partial charge in [-0.05, 0) is 42.8 Å². The van der Waals surface area contributed by atoms with Crippen LogP contribution in [0.4, 0.5) is 5.69 Å². The molecule has 1 heterocycles. The van der Waals surface area contributed by atoms with Crippen LogP contribution < -0.4 is 5.43 Å². The van der Waals surface area contributed by atoms with Gasteiger partial charge in [-0.15, -0.1) is 0 Å². The normalized spacial score (nSPS) is 10.9. The summed E-state index contributed by atoms with van der Waals surface area (Å²) in [6, 6.07) is 20.6. The molecular formula is C22H22N2O3. The highest BCUT2D eigenvalue weighted by Gasteiger charge is 2.09. The highest BCUT2D eigenvalue weighted by molar-refractivity contribution is 5.90. The molecule has 3 aromatic rings. The number of hydrazone groups is 1. The number of hydrogen-bond acceptors (Lipinski definition) is 5. The van der Waals surface area contributed by atoms with Gasteiger partial charge in [0.1, 0.15) is 11.5 Å². The number of nitrogens with zero attached hydrogens (tertiary/aromatic N) is 1. The third-order valence-electron chi connectivity index (χ3n) is 3.92. The van der Waals surface area contributed by atoms with Crippen LogP contribution in [0.3, 0.4) is 0 Å². The molecule has 0 bridgehead atoms. The van der Waals surface area contributed by atoms with Crippen LogP contribution >= 0.6 is 0 Å². The second-order valence-corrected chi connectivity index (χ2v) is 6.00. The molecule has 3 rings (SSSR count). The van der Waals surface area contributed by atoms with E-state index in [4.69, 9.17) is 9.15 Å². The first-order chi connectivity index (χ1) is 13.3. The standard InChI is InChI=1S/C22H22N2O3/c1-2-3-15-26-22(25)18-11-9-17(10-12-18)21-14-13-20(27-21)16-23-24-19-7-5-4-6-8-19/h4-14,16,24H,2-3,15H2,1H3/b23-16-. The molecule has 0 aliphatic carbocycles. The number of benzene rings is 2. The number of hydrogen-bond donors (Lipinski definition) is 1. The van der Waals surface area contributed by atoms with Crippen LogP contribution in [-0.2, 0) is 4.74 Å². The summed E-state index contributed by atoms with van der Waals surface area (Å²) in [5.41, 5.74) is 5.27. The van der Waals surface area contributed by atoms with Crippen molar-refractivity contribution in [3.8, 4) is 11.3 Å². The van der Waals surface area contributed by atoms with Crippen molar-refractivity contribution in [3.05, 3.63) is 78.1 Å². The van der Waals surface area contributed by atoms with E-state index in [0.717, 1.165) is 24.1 Å². The first-order valence-corrected chi connectivity index (χ1v) is 8.98. The van der Waals surface area contributed by atoms with Gasteiger partial charge in [-0.3, -0.25) is 5.43 Å². The van der Waals surface area contributed by atoms with E-state index in [9.17, 15) is 4.79 Å². The Kier molecular flexibility index (Phi) is 6.41. The molecule has 138 valence electrons. The Hall–Kier alpha value is -3.34. The molecule has 0 aliphatic rings. The molecular weight excluding hydrogens is 340 g/mol. The summed E-state index contributed by atoms with van der Waals surface area (Å²) in [7, 11) is 0. The summed E-state index contributed by atoms with van der Waals surface area (Å²) < 4.78 is 11.0. The monoisotopic (exact) mass is 362 g/mol. The van der Waals surface area contributed by atoms with E-state index < -0.39 is 0 Å². The van der Waals surface area contributed by atoms with Gasteiger partial charge in [0.05, 0.1) is 24.1 Å². The number of para-hydroxylation sites is 1. The van der Waals surface area contributed by atoms with Gasteiger partial charge in [-0.25, -0.2) is 4.79 Å². The van der Waals surface area contributed by atoms with Crippen molar-refractivity contribution in [1.29, 1.82) is 0 Å². The summed E-state index contributed by atoms with van der Waals surface area (Å²) in [5.74, 6) is 1.05. The molecule has 0 unspecified atom stereocenters. The first kappa shape index (κ1) is 18.5. The molecule has 5 nitrogen and oxygen atoms in total. The molecule has 0 saturated heterocycles. The lowest BCUT2D eigenvalue weighted by molar-refractivity contribution is 0.0500. The van der Waals surface area contributed by atoms with Crippen LogP contribution in [0.5, 0.6) is 0 Å². The van der Waals surface area contributed by atoms with Crippen molar-refractivity contribution in [2.75, 3.05) is 12.0 Å². The van der Waals surface area contributed by atoms with Crippen LogP contribution in [0.1, 0.15) is 35.9 Å². The molecule has 5 heteroatoms. The highest BCUT2D eigenvalue weighted by atomic mass is 16.5. The molecule has 1 N–H and O–H groups in total. The quantitative estimate of drug-likeness (QED) is 0.254. The maximum Gasteiger partial charge on any atom is 0.338 e. The number of ether oxygens (including phenoxy) is 1. The molecule has 27 heavy (non-hydrogen) atoms. The smallest absolute Gasteiger partial charge is 0.338 e. The average Bonchev–Trinajstić information content (AvgIpc) is 3.18. The van der Waals surface area contributed by atoms with Crippen LogP contribution in [-0.4, -0.2) is 18.8 Å². The minimum Gasteiger partial charge on any atom is -0.462 e. The number of nitrogens with one attached hydrogen (secondary N) is 1. The Morgan fingerprint density at radius 2 is 1.85 bits per heavy atom. The number of carbonyl (C=O) groups excluding carboxylic acids is 1. The van der Waals surface area contributed by atoms with Crippen molar-refractivity contribution in [1.82, 2.24) is 0 Å². The topological polar surface area (TPSA) is 63.8 Å². The lowest BCUT2D eigenvalue weighted by Crippen LogP contribution is -2.05. The number of anilines is 1. The van der Waals surface area contributed by atoms with Gasteiger partial charge in [0.15, 0.2) is 0 Å². The third-order valence-corrected chi connectivity index (χ3v) is 3.92. The number of unbranched alkanes of at least 4 members (excludes halogenated alkanes) is 1. The van der Waals surface area contributed by atoms with E-state index in [1.165, 1.54) is 0 Å². The van der Waals surface area contributed by atoms with Gasteiger partial charge in [0.25, 0.3) is 0 Å². The van der Waals surface area contributed by atoms with Crippen LogP contribution in [0.25, 0.3) is 11.3 Å². The van der Waals surface area contributed by atoms with Gasteiger partial charge >= 0.3 is 5.97 Å². The Balaban J connectivity index is 1.60. The Morgan fingerprint density at radius 3 is 2.59 bits per heavy atom. The maximum absolute atomic E-state index is 11.9. The van der Waals surface area contributed by atoms with E-state index in [0.29, 0.717) is 23.7 Å². The van der Waals surface area contributed by atoms with Gasteiger partial charge in [-0.1, -0.05) is 43.7 Å². The second-order valence-electron chi connectivity index (χ2n) is 6.00. The summed E-state index contributed by atoms with van der Waals surface area (Å²) in [6.07, 6.45) is 3.49. The summed E-state index contributed by atoms with van der Waals surface area (Å²) in [6.45, 7) is 2.51. The molecule has 0 spiro atoms. The van der Waals surface area contributed by atoms with Crippen molar-refractivity contribution >= 4 is 17.9 Å². The zero-order valence-electron chi connectivity index (χ0n) is 15.2. The van der Waals surface area contributed by atoms with Crippen molar-refractivity contribution in [2.45, 2.75) is 19.8 Å². The number of esters is 1. The van der Waals surface area contributed by atoms with Crippen LogP contribution in [0, 0.1) is 0 Å². The highest BCUT2D eigenvalue weighted by Crippen LogP contribution is 2.22. The van der Waals surface area contributed by atoms with Crippen molar-refractivity contribution < 1.29 is 13.9 Å². The second kappa shape index (κ2) is 9.38. The third kappa shape index (κ3) is 5.31. The first-order valence-electron chi connectivity index (χ1n) is 8.98. The van der Waals surface area contributed by atoms with Gasteiger partial charge < -0.3 is 9.15 Å². The lowest BCUT2D eigenvalue weighted by atomic mass is 10.1. The summed E-state index contributed by atoms with van der Waals surface area (Å²) >= 11 is 0. The summed E-state index contributed by atoms with van der Waals surface area (Å²) in [5, 5.41) is 4.16. The van der Waals surface area contributed by atoms with Crippen molar-refractivity contribution in [2.24, 2.45) is 5.10 Å². The van der Waals surface area contributed by atoms with E-state index in [-0.39, 0.29) is 5.97 Å². The van der Waals surface area contributed by atoms with Gasteiger partial charge in [-0.2, -0.15) is 5.10 Å². The number of furan rings is 1. The fourth-order valence-corrected chi connectivity index (χ4v) is 2.42. The molecule has 0 amide bonds. The lowest BCUT2D eigenvalue weighted by Gasteiger charge is -2.04. The zero-order valence-corrected chi connectivity index (χ0v) is 15.2. The fraction of sp³-hybridized carbons (Fsp3) is 0.182. The van der Waals surface area contributed by atoms with Crippen LogP contribution in [0.15, 0.2) is 76.2 Å². The molecule has 0 fully saturated rings. The predicted molar refractivity (Wildman–Crippen MR) is 107 cm³/mol. The molecule has 0 saturated carbocycles. The number of carbonyl (C=O) groups is 1. The largest absolute Gasteiger partial charge is 0.462 e. The van der Waals surface area contributed by atoms with E-state index in [2.05, 4.69) is 17.5 Å². The summed E-state index contributed by atoms with van der Waals surface area (Å²) in [4.78, 5) is 11.9. The SMILES string of the molecule is CCCCOC(=O)c1ccc(-c2ccc(/C=N\Nc3ccccc3)o2)cc1. The molecule has 1 aromatic heterocycles. The van der Waals surface area contributed by atoms with Crippen LogP contribution in [0.2, 0.25) is 0 Å². The predicted octanol–water partition coefficient (Wildman–Crippen LogP) is 5.35. The van der Waals surface area contributed by atoms with Gasteiger partial charge in [0, 0.05) is 5.56 Å². The molecule has 2 aromatic carbocycles. The molecule has 0 aliphatic heterocycles. The molecule has 0 atom stereocenters. The van der Waals surface area contributed by atoms with Gasteiger partial charge in [0.2, 0.25) is 0 Å². The van der Waals surface area contributed by atoms with E-state index >= 15 is 0 Å². The van der Waals surface area contributed by atoms with E-state index in [1.54, 1.807) is 18.3 Å². The van der Waals surface area contributed by atoms with E-state index in [1.807, 2.05) is 54.6 Å². The maximum atomic E-state index is 11.9. The van der Waals surface area contributed by atoms with Crippen molar-refractivity contribution in [3.63, 3.8) is 0 Å². The molecule has 0 radical (unpaired) electrons.